The minimum absolute atomic E-state index is 0.0983. The van der Waals surface area contributed by atoms with Gasteiger partial charge in [0.15, 0.2) is 11.0 Å². The molecule has 0 spiro atoms. The summed E-state index contributed by atoms with van der Waals surface area (Å²) in [5, 5.41) is 12.2. The van der Waals surface area contributed by atoms with E-state index in [9.17, 15) is 4.79 Å². The first kappa shape index (κ1) is 15.8. The molecule has 3 heterocycles. The number of hydrogen-bond donors (Lipinski definition) is 2. The molecule has 2 aromatic heterocycles. The van der Waals surface area contributed by atoms with Crippen molar-refractivity contribution in [2.24, 2.45) is 0 Å². The van der Waals surface area contributed by atoms with E-state index in [1.54, 1.807) is 0 Å². The number of anilines is 1. The lowest BCUT2D eigenvalue weighted by Crippen LogP contribution is -2.34. The van der Waals surface area contributed by atoms with E-state index < -0.39 is 0 Å². The largest absolute Gasteiger partial charge is 0.375 e. The fraction of sp³-hybridized carbons (Fsp3) is 0.294. The van der Waals surface area contributed by atoms with Crippen LogP contribution in [0.2, 0.25) is 0 Å². The second kappa shape index (κ2) is 6.64. The van der Waals surface area contributed by atoms with Crippen molar-refractivity contribution in [3.8, 4) is 11.4 Å². The van der Waals surface area contributed by atoms with Gasteiger partial charge >= 0.3 is 0 Å². The van der Waals surface area contributed by atoms with Crippen molar-refractivity contribution in [1.29, 1.82) is 0 Å². The Labute approximate surface area is 148 Å². The third kappa shape index (κ3) is 3.25. The Morgan fingerprint density at radius 3 is 2.84 bits per heavy atom. The number of aromatic nitrogens is 4. The molecule has 0 bridgehead atoms. The highest BCUT2D eigenvalue weighted by molar-refractivity contribution is 7.17. The summed E-state index contributed by atoms with van der Waals surface area (Å²) in [6, 6.07) is 10.2. The van der Waals surface area contributed by atoms with Crippen LogP contribution in [0, 0.1) is 0 Å². The topological polar surface area (TPSA) is 98.7 Å². The highest BCUT2D eigenvalue weighted by atomic mass is 32.1. The summed E-state index contributed by atoms with van der Waals surface area (Å²) < 4.78 is 2.16. The molecule has 4 rings (SSSR count). The van der Waals surface area contributed by atoms with Gasteiger partial charge in [-0.3, -0.25) is 4.79 Å². The summed E-state index contributed by atoms with van der Waals surface area (Å²) in [6.07, 6.45) is 3.99. The lowest BCUT2D eigenvalue weighted by Gasteiger charge is -2.15. The molecule has 8 heteroatoms. The van der Waals surface area contributed by atoms with Crippen LogP contribution in [-0.4, -0.2) is 31.7 Å². The highest BCUT2D eigenvalue weighted by Gasteiger charge is 2.23. The number of benzene rings is 1. The molecule has 0 saturated heterocycles. The van der Waals surface area contributed by atoms with Crippen molar-refractivity contribution in [3.63, 3.8) is 0 Å². The fourth-order valence-corrected chi connectivity index (χ4v) is 3.67. The van der Waals surface area contributed by atoms with E-state index in [0.717, 1.165) is 43.0 Å². The Morgan fingerprint density at radius 1 is 1.24 bits per heavy atom. The molecular formula is C17H18N6OS. The Bertz CT molecular complexity index is 888. The quantitative estimate of drug-likeness (QED) is 0.751. The maximum atomic E-state index is 12.3. The molecule has 3 N–H and O–H groups in total. The highest BCUT2D eigenvalue weighted by Crippen LogP contribution is 2.23. The normalized spacial score (nSPS) is 16.9. The Balaban J connectivity index is 1.47. The van der Waals surface area contributed by atoms with Gasteiger partial charge in [0.25, 0.3) is 5.91 Å². The standard InChI is InChI=1S/C17H18N6OS/c18-17-19-10-13(25-17)16(24)20-12-6-7-14-21-22-15(23(14)9-8-12)11-4-2-1-3-5-11/h1-5,10,12H,6-9H2,(H2,18,19)(H,20,24). The van der Waals surface area contributed by atoms with Gasteiger partial charge in [0, 0.05) is 24.6 Å². The van der Waals surface area contributed by atoms with Crippen LogP contribution in [0.3, 0.4) is 0 Å². The van der Waals surface area contributed by atoms with Gasteiger partial charge in [-0.1, -0.05) is 41.7 Å². The Hall–Kier alpha value is -2.74. The molecular weight excluding hydrogens is 336 g/mol. The summed E-state index contributed by atoms with van der Waals surface area (Å²) in [6.45, 7) is 0.780. The molecule has 1 aliphatic rings. The number of fused-ring (bicyclic) bond motifs is 1. The second-order valence-electron chi connectivity index (χ2n) is 6.02. The summed E-state index contributed by atoms with van der Waals surface area (Å²) in [4.78, 5) is 16.8. The van der Waals surface area contributed by atoms with Gasteiger partial charge in [-0.2, -0.15) is 0 Å². The number of carbonyl (C=O) groups is 1. The van der Waals surface area contributed by atoms with Crippen molar-refractivity contribution in [1.82, 2.24) is 25.1 Å². The van der Waals surface area contributed by atoms with Crippen LogP contribution in [0.5, 0.6) is 0 Å². The first-order valence-electron chi connectivity index (χ1n) is 8.20. The number of rotatable bonds is 3. The number of nitrogens with zero attached hydrogens (tertiary/aromatic N) is 4. The van der Waals surface area contributed by atoms with E-state index in [2.05, 4.69) is 25.1 Å². The van der Waals surface area contributed by atoms with E-state index in [0.29, 0.717) is 10.0 Å². The van der Waals surface area contributed by atoms with Gasteiger partial charge in [0.2, 0.25) is 0 Å². The molecule has 1 atom stereocenters. The van der Waals surface area contributed by atoms with Crippen LogP contribution >= 0.6 is 11.3 Å². The first-order valence-corrected chi connectivity index (χ1v) is 9.02. The van der Waals surface area contributed by atoms with Gasteiger partial charge in [0.05, 0.1) is 6.20 Å². The SMILES string of the molecule is Nc1ncc(C(=O)NC2CCc3nnc(-c4ccccc4)n3CC2)s1. The molecule has 25 heavy (non-hydrogen) atoms. The van der Waals surface area contributed by atoms with Crippen LogP contribution in [0.25, 0.3) is 11.4 Å². The maximum absolute atomic E-state index is 12.3. The average Bonchev–Trinajstić information content (AvgIpc) is 3.19. The van der Waals surface area contributed by atoms with E-state index >= 15 is 0 Å². The Morgan fingerprint density at radius 2 is 2.08 bits per heavy atom. The van der Waals surface area contributed by atoms with Gasteiger partial charge in [-0.25, -0.2) is 4.98 Å². The zero-order valence-electron chi connectivity index (χ0n) is 13.6. The van der Waals surface area contributed by atoms with E-state index in [1.165, 1.54) is 17.5 Å². The van der Waals surface area contributed by atoms with Gasteiger partial charge in [-0.05, 0) is 12.8 Å². The lowest BCUT2D eigenvalue weighted by atomic mass is 10.1. The third-order valence-electron chi connectivity index (χ3n) is 4.36. The molecule has 7 nitrogen and oxygen atoms in total. The number of nitrogens with one attached hydrogen (secondary N) is 1. The van der Waals surface area contributed by atoms with Crippen LogP contribution < -0.4 is 11.1 Å². The molecule has 1 amide bonds. The molecule has 0 radical (unpaired) electrons. The van der Waals surface area contributed by atoms with Crippen molar-refractivity contribution in [3.05, 3.63) is 47.2 Å². The van der Waals surface area contributed by atoms with Crippen LogP contribution in [0.4, 0.5) is 5.13 Å². The smallest absolute Gasteiger partial charge is 0.263 e. The van der Waals surface area contributed by atoms with E-state index in [-0.39, 0.29) is 11.9 Å². The van der Waals surface area contributed by atoms with Gasteiger partial charge in [0.1, 0.15) is 10.7 Å². The predicted molar refractivity (Wildman–Crippen MR) is 96.2 cm³/mol. The molecule has 128 valence electrons. The number of carbonyl (C=O) groups excluding carboxylic acids is 1. The zero-order chi connectivity index (χ0) is 17.2. The van der Waals surface area contributed by atoms with Crippen LogP contribution in [0.1, 0.15) is 28.3 Å². The summed E-state index contributed by atoms with van der Waals surface area (Å²) in [7, 11) is 0. The van der Waals surface area contributed by atoms with Crippen LogP contribution in [0.15, 0.2) is 36.5 Å². The third-order valence-corrected chi connectivity index (χ3v) is 5.18. The van der Waals surface area contributed by atoms with E-state index in [1.807, 2.05) is 30.3 Å². The molecule has 1 aromatic carbocycles. The number of hydrogen-bond acceptors (Lipinski definition) is 6. The van der Waals surface area contributed by atoms with Crippen molar-refractivity contribution >= 4 is 22.4 Å². The molecule has 0 saturated carbocycles. The molecule has 1 unspecified atom stereocenters. The number of amides is 1. The summed E-state index contributed by atoms with van der Waals surface area (Å²) >= 11 is 1.21. The van der Waals surface area contributed by atoms with Crippen LogP contribution in [-0.2, 0) is 13.0 Å². The lowest BCUT2D eigenvalue weighted by molar-refractivity contribution is 0.0937. The van der Waals surface area contributed by atoms with Gasteiger partial charge in [-0.15, -0.1) is 10.2 Å². The monoisotopic (exact) mass is 354 g/mol. The predicted octanol–water partition coefficient (Wildman–Crippen LogP) is 2.12. The number of nitrogens with two attached hydrogens (primary N) is 1. The molecule has 3 aromatic rings. The molecule has 0 fully saturated rings. The summed E-state index contributed by atoms with van der Waals surface area (Å²) in [5.74, 6) is 1.75. The number of aryl methyl sites for hydroxylation is 1. The minimum atomic E-state index is -0.111. The van der Waals surface area contributed by atoms with Crippen molar-refractivity contribution < 1.29 is 4.79 Å². The average molecular weight is 354 g/mol. The zero-order valence-corrected chi connectivity index (χ0v) is 14.4. The molecule has 0 aliphatic carbocycles. The number of nitrogen functional groups attached to an aromatic ring is 1. The van der Waals surface area contributed by atoms with Gasteiger partial charge < -0.3 is 15.6 Å². The summed E-state index contributed by atoms with van der Waals surface area (Å²) in [5.41, 5.74) is 6.66. The fourth-order valence-electron chi connectivity index (χ4n) is 3.08. The number of thiazole rings is 1. The minimum Gasteiger partial charge on any atom is -0.375 e. The van der Waals surface area contributed by atoms with E-state index in [4.69, 9.17) is 5.73 Å². The first-order chi connectivity index (χ1) is 12.2. The molecule has 1 aliphatic heterocycles. The maximum Gasteiger partial charge on any atom is 0.263 e. The van der Waals surface area contributed by atoms with Crippen molar-refractivity contribution in [2.45, 2.75) is 31.8 Å². The second-order valence-corrected chi connectivity index (χ2v) is 7.08. The van der Waals surface area contributed by atoms with Crippen molar-refractivity contribution in [2.75, 3.05) is 5.73 Å². The Kier molecular flexibility index (Phi) is 4.19.